The number of rotatable bonds is 4. The van der Waals surface area contributed by atoms with Gasteiger partial charge in [0.1, 0.15) is 0 Å². The quantitative estimate of drug-likeness (QED) is 0.860. The topological polar surface area (TPSA) is 69.6 Å². The van der Waals surface area contributed by atoms with E-state index in [1.165, 1.54) is 30.5 Å². The molecule has 17 heavy (non-hydrogen) atoms. The Balaban J connectivity index is 1.89. The van der Waals surface area contributed by atoms with Crippen LogP contribution < -0.4 is 5.73 Å². The Hall–Kier alpha value is -0.970. The van der Waals surface area contributed by atoms with Crippen molar-refractivity contribution in [2.45, 2.75) is 57.4 Å². The van der Waals surface area contributed by atoms with Gasteiger partial charge in [0.25, 0.3) is 0 Å². The molecule has 5 nitrogen and oxygen atoms in total. The summed E-state index contributed by atoms with van der Waals surface area (Å²) in [6.45, 7) is 2.26. The van der Waals surface area contributed by atoms with E-state index in [-0.39, 0.29) is 5.54 Å². The van der Waals surface area contributed by atoms with E-state index in [0.717, 1.165) is 31.0 Å². The van der Waals surface area contributed by atoms with Crippen LogP contribution in [0.5, 0.6) is 0 Å². The minimum atomic E-state index is -0.104. The van der Waals surface area contributed by atoms with Crippen LogP contribution in [0.15, 0.2) is 0 Å². The van der Waals surface area contributed by atoms with Gasteiger partial charge in [0.15, 0.2) is 5.82 Å². The van der Waals surface area contributed by atoms with Crippen molar-refractivity contribution >= 4 is 0 Å². The Bertz CT molecular complexity index is 352. The van der Waals surface area contributed by atoms with E-state index in [1.54, 1.807) is 7.05 Å². The molecule has 1 fully saturated rings. The molecule has 1 aromatic heterocycles. The first kappa shape index (κ1) is 12.5. The van der Waals surface area contributed by atoms with E-state index in [9.17, 15) is 0 Å². The zero-order valence-electron chi connectivity index (χ0n) is 10.9. The lowest BCUT2D eigenvalue weighted by atomic mass is 9.74. The minimum Gasteiger partial charge on any atom is -0.325 e. The number of nitrogens with two attached hydrogens (primary N) is 1. The molecule has 2 rings (SSSR count). The molecule has 0 bridgehead atoms. The van der Waals surface area contributed by atoms with Crippen LogP contribution in [0, 0.1) is 5.92 Å². The third kappa shape index (κ3) is 3.25. The predicted molar refractivity (Wildman–Crippen MR) is 66.3 cm³/mol. The highest BCUT2D eigenvalue weighted by molar-refractivity contribution is 4.97. The molecule has 2 N–H and O–H groups in total. The van der Waals surface area contributed by atoms with Crippen molar-refractivity contribution < 1.29 is 0 Å². The third-order valence-corrected chi connectivity index (χ3v) is 3.86. The lowest BCUT2D eigenvalue weighted by molar-refractivity contribution is 0.221. The summed E-state index contributed by atoms with van der Waals surface area (Å²) >= 11 is 0. The molecule has 0 aromatic carbocycles. The Morgan fingerprint density at radius 1 is 1.41 bits per heavy atom. The number of hydrogen-bond acceptors (Lipinski definition) is 4. The first-order chi connectivity index (χ1) is 8.11. The maximum atomic E-state index is 6.44. The Morgan fingerprint density at radius 2 is 2.12 bits per heavy atom. The highest BCUT2D eigenvalue weighted by atomic mass is 15.6. The van der Waals surface area contributed by atoms with Gasteiger partial charge in [-0.2, -0.15) is 4.80 Å². The second kappa shape index (κ2) is 5.12. The second-order valence-corrected chi connectivity index (χ2v) is 5.47. The fourth-order valence-electron chi connectivity index (χ4n) is 2.84. The van der Waals surface area contributed by atoms with Gasteiger partial charge in [-0.3, -0.25) is 0 Å². The molecule has 1 heterocycles. The molecular weight excluding hydrogens is 214 g/mol. The number of nitrogens with zero attached hydrogens (tertiary/aromatic N) is 4. The summed E-state index contributed by atoms with van der Waals surface area (Å²) in [7, 11) is 1.79. The summed E-state index contributed by atoms with van der Waals surface area (Å²) in [5, 5.41) is 12.1. The fourth-order valence-corrected chi connectivity index (χ4v) is 2.84. The first-order valence-corrected chi connectivity index (χ1v) is 6.63. The molecule has 1 saturated carbocycles. The summed E-state index contributed by atoms with van der Waals surface area (Å²) in [5.74, 6) is 1.66. The smallest absolute Gasteiger partial charge is 0.176 e. The molecule has 0 spiro atoms. The molecule has 0 amide bonds. The molecule has 0 aliphatic heterocycles. The van der Waals surface area contributed by atoms with Crippen molar-refractivity contribution in [3.05, 3.63) is 5.82 Å². The normalized spacial score (nSPS) is 29.5. The van der Waals surface area contributed by atoms with E-state index in [0.29, 0.717) is 0 Å². The zero-order valence-corrected chi connectivity index (χ0v) is 10.9. The van der Waals surface area contributed by atoms with Crippen LogP contribution in [0.1, 0.15) is 51.3 Å². The molecule has 0 saturated heterocycles. The molecule has 0 atom stereocenters. The predicted octanol–water partition coefficient (Wildman–Crippen LogP) is 1.44. The van der Waals surface area contributed by atoms with Crippen molar-refractivity contribution in [1.29, 1.82) is 0 Å². The highest BCUT2D eigenvalue weighted by Crippen LogP contribution is 2.34. The van der Waals surface area contributed by atoms with E-state index < -0.39 is 0 Å². The average Bonchev–Trinajstić information content (AvgIpc) is 2.68. The summed E-state index contributed by atoms with van der Waals surface area (Å²) in [6, 6.07) is 0. The number of aryl methyl sites for hydroxylation is 1. The SMILES string of the molecule is CCCC1CCC(N)(Cc2nnn(C)n2)CC1. The van der Waals surface area contributed by atoms with Gasteiger partial charge >= 0.3 is 0 Å². The van der Waals surface area contributed by atoms with Gasteiger partial charge in [0, 0.05) is 12.0 Å². The van der Waals surface area contributed by atoms with Crippen molar-refractivity contribution in [2.75, 3.05) is 0 Å². The average molecular weight is 237 g/mol. The van der Waals surface area contributed by atoms with Crippen molar-refractivity contribution in [3.63, 3.8) is 0 Å². The fraction of sp³-hybridized carbons (Fsp3) is 0.917. The molecule has 0 unspecified atom stereocenters. The Kier molecular flexibility index (Phi) is 3.76. The lowest BCUT2D eigenvalue weighted by Crippen LogP contribution is -2.45. The first-order valence-electron chi connectivity index (χ1n) is 6.63. The van der Waals surface area contributed by atoms with Crippen LogP contribution in [-0.2, 0) is 13.5 Å². The molecule has 5 heteroatoms. The molecule has 1 aliphatic rings. The van der Waals surface area contributed by atoms with Gasteiger partial charge in [0.05, 0.1) is 7.05 Å². The Morgan fingerprint density at radius 3 is 2.65 bits per heavy atom. The molecule has 96 valence electrons. The maximum absolute atomic E-state index is 6.44. The summed E-state index contributed by atoms with van der Waals surface area (Å²) in [5.41, 5.74) is 6.34. The third-order valence-electron chi connectivity index (χ3n) is 3.86. The van der Waals surface area contributed by atoms with Crippen molar-refractivity contribution in [2.24, 2.45) is 18.7 Å². The Labute approximate surface area is 103 Å². The van der Waals surface area contributed by atoms with Crippen molar-refractivity contribution in [1.82, 2.24) is 20.2 Å². The minimum absolute atomic E-state index is 0.104. The van der Waals surface area contributed by atoms with E-state index >= 15 is 0 Å². The largest absolute Gasteiger partial charge is 0.325 e. The molecular formula is C12H23N5. The summed E-state index contributed by atoms with van der Waals surface area (Å²) in [6.07, 6.45) is 8.09. The van der Waals surface area contributed by atoms with Gasteiger partial charge in [-0.05, 0) is 36.8 Å². The number of hydrogen-bond donors (Lipinski definition) is 1. The lowest BCUT2D eigenvalue weighted by Gasteiger charge is -2.36. The standard InChI is InChI=1S/C12H23N5/c1-3-4-10-5-7-12(13,8-6-10)9-11-14-16-17(2)15-11/h10H,3-9,13H2,1-2H3. The van der Waals surface area contributed by atoms with Gasteiger partial charge < -0.3 is 5.73 Å². The second-order valence-electron chi connectivity index (χ2n) is 5.47. The van der Waals surface area contributed by atoms with E-state index in [4.69, 9.17) is 5.73 Å². The molecule has 0 radical (unpaired) electrons. The summed E-state index contributed by atoms with van der Waals surface area (Å²) < 4.78 is 0. The zero-order chi connectivity index (χ0) is 12.3. The van der Waals surface area contributed by atoms with E-state index in [2.05, 4.69) is 22.3 Å². The van der Waals surface area contributed by atoms with Crippen LogP contribution in [-0.4, -0.2) is 25.7 Å². The number of tetrazole rings is 1. The van der Waals surface area contributed by atoms with Gasteiger partial charge in [-0.1, -0.05) is 19.8 Å². The van der Waals surface area contributed by atoms with Crippen LogP contribution in [0.4, 0.5) is 0 Å². The molecule has 1 aromatic rings. The van der Waals surface area contributed by atoms with Crippen LogP contribution in [0.25, 0.3) is 0 Å². The monoisotopic (exact) mass is 237 g/mol. The molecule has 1 aliphatic carbocycles. The van der Waals surface area contributed by atoms with Crippen molar-refractivity contribution in [3.8, 4) is 0 Å². The maximum Gasteiger partial charge on any atom is 0.176 e. The van der Waals surface area contributed by atoms with Gasteiger partial charge in [-0.25, -0.2) is 0 Å². The van der Waals surface area contributed by atoms with Crippen LogP contribution >= 0.6 is 0 Å². The van der Waals surface area contributed by atoms with Gasteiger partial charge in [0.2, 0.25) is 0 Å². The number of aromatic nitrogens is 4. The van der Waals surface area contributed by atoms with Gasteiger partial charge in [-0.15, -0.1) is 10.2 Å². The highest BCUT2D eigenvalue weighted by Gasteiger charge is 2.32. The summed E-state index contributed by atoms with van der Waals surface area (Å²) in [4.78, 5) is 1.50. The van der Waals surface area contributed by atoms with E-state index in [1.807, 2.05) is 0 Å². The van der Waals surface area contributed by atoms with Crippen LogP contribution in [0.2, 0.25) is 0 Å². The van der Waals surface area contributed by atoms with Crippen LogP contribution in [0.3, 0.4) is 0 Å².